The summed E-state index contributed by atoms with van der Waals surface area (Å²) in [6.07, 6.45) is 0.626. The van der Waals surface area contributed by atoms with E-state index in [9.17, 15) is 39.9 Å². The number of amides is 1. The van der Waals surface area contributed by atoms with Gasteiger partial charge < -0.3 is 31.3 Å². The second-order valence-corrected chi connectivity index (χ2v) is 12.0. The van der Waals surface area contributed by atoms with Crippen LogP contribution in [0.2, 0.25) is 0 Å². The Morgan fingerprint density at radius 2 is 1.90 bits per heavy atom. The molecule has 1 saturated heterocycles. The minimum absolute atomic E-state index is 0.0468. The molecule has 4 aliphatic rings. The van der Waals surface area contributed by atoms with Crippen LogP contribution in [0.1, 0.15) is 29.5 Å². The lowest BCUT2D eigenvalue weighted by Crippen LogP contribution is -2.65. The number of ketones is 2. The van der Waals surface area contributed by atoms with Crippen LogP contribution in [0.5, 0.6) is 5.75 Å². The van der Waals surface area contributed by atoms with E-state index in [0.717, 1.165) is 17.5 Å². The lowest BCUT2D eigenvalue weighted by atomic mass is 9.57. The summed E-state index contributed by atoms with van der Waals surface area (Å²) in [5, 5.41) is 56.6. The van der Waals surface area contributed by atoms with Gasteiger partial charge in [0.25, 0.3) is 5.91 Å². The van der Waals surface area contributed by atoms with Gasteiger partial charge in [-0.3, -0.25) is 24.2 Å². The largest absolute Gasteiger partial charge is 0.508 e. The van der Waals surface area contributed by atoms with Crippen LogP contribution in [-0.2, 0) is 27.3 Å². The van der Waals surface area contributed by atoms with E-state index in [0.29, 0.717) is 30.5 Å². The fourth-order valence-corrected chi connectivity index (χ4v) is 7.37. The van der Waals surface area contributed by atoms with E-state index in [-0.39, 0.29) is 35.8 Å². The Morgan fingerprint density at radius 3 is 2.54 bits per heavy atom. The predicted octanol–water partition coefficient (Wildman–Crippen LogP) is 0.684. The maximum absolute atomic E-state index is 14.0. The highest BCUT2D eigenvalue weighted by Gasteiger charge is 2.64. The molecule has 0 bridgehead atoms. The highest BCUT2D eigenvalue weighted by molar-refractivity contribution is 6.24. The molecule has 7 N–H and O–H groups in total. The summed E-state index contributed by atoms with van der Waals surface area (Å²) in [7, 11) is 3.13. The first kappa shape index (κ1) is 27.4. The predicted molar refractivity (Wildman–Crippen MR) is 148 cm³/mol. The van der Waals surface area contributed by atoms with E-state index in [1.807, 2.05) is 24.3 Å². The number of hydrogen-bond donors (Lipinski definition) is 6. The van der Waals surface area contributed by atoms with Gasteiger partial charge in [-0.25, -0.2) is 0 Å². The van der Waals surface area contributed by atoms with Crippen molar-refractivity contribution in [2.75, 3.05) is 27.2 Å². The number of benzene rings is 2. The minimum atomic E-state index is -2.66. The number of phenolic OH excluding ortho intramolecular Hbond substituents is 1. The molecule has 5 atom stereocenters. The summed E-state index contributed by atoms with van der Waals surface area (Å²) in [6.45, 7) is 1.90. The number of aromatic hydroxyl groups is 1. The van der Waals surface area contributed by atoms with Crippen LogP contribution < -0.4 is 5.73 Å². The van der Waals surface area contributed by atoms with Crippen LogP contribution >= 0.6 is 0 Å². The van der Waals surface area contributed by atoms with Crippen molar-refractivity contribution < 1.29 is 39.9 Å². The van der Waals surface area contributed by atoms with Gasteiger partial charge in [0.2, 0.25) is 5.78 Å². The Labute approximate surface area is 235 Å². The SMILES string of the molecule is CN(C)[C@@H]1C(=O)C(C(N)=O)=C(O)[C@@]2(O)C(=O)C3=C(O)c4c(cc5ccc(CN6CC[C@@H](O)C6)cc5c4O)C[C@H]3C[C@@H]12. The standard InChI is InChI=1S/C30H33N3O8/c1-32(2)23-19-10-16-9-15-8-14-4-3-13(11-33-6-5-17(34)12-33)7-18(14)24(35)20(15)25(36)21(16)27(38)30(19,41)28(39)22(26(23)37)29(31)40/h3-4,7-8,16-17,19,23,34-36,39,41H,5-6,9-12H2,1-2H3,(H2,31,40)/t16-,17+,19-,23-,30-/m0/s1. The number of carbonyl (C=O) groups excluding carboxylic acids is 3. The number of nitrogens with two attached hydrogens (primary N) is 1. The number of aliphatic hydroxyl groups excluding tert-OH is 3. The first-order chi connectivity index (χ1) is 19.3. The summed E-state index contributed by atoms with van der Waals surface area (Å²) in [4.78, 5) is 42.9. The lowest BCUT2D eigenvalue weighted by Gasteiger charge is -2.50. The second-order valence-electron chi connectivity index (χ2n) is 12.0. The van der Waals surface area contributed by atoms with E-state index in [1.165, 1.54) is 4.90 Å². The molecule has 0 radical (unpaired) electrons. The Bertz CT molecular complexity index is 1590. The number of phenols is 1. The van der Waals surface area contributed by atoms with E-state index in [1.54, 1.807) is 14.1 Å². The number of nitrogens with zero attached hydrogens (tertiary/aromatic N) is 2. The topological polar surface area (TPSA) is 185 Å². The van der Waals surface area contributed by atoms with Crippen molar-refractivity contribution in [2.45, 2.75) is 43.6 Å². The lowest BCUT2D eigenvalue weighted by molar-refractivity contribution is -0.153. The number of carbonyl (C=O) groups is 3. The Kier molecular flexibility index (Phi) is 6.27. The Hall–Kier alpha value is -3.77. The van der Waals surface area contributed by atoms with Crippen molar-refractivity contribution in [1.29, 1.82) is 0 Å². The number of likely N-dealkylation sites (N-methyl/N-ethyl adjacent to an activating group) is 1. The van der Waals surface area contributed by atoms with Crippen molar-refractivity contribution in [3.05, 3.63) is 57.9 Å². The van der Waals surface area contributed by atoms with Crippen molar-refractivity contribution in [3.63, 3.8) is 0 Å². The minimum Gasteiger partial charge on any atom is -0.508 e. The van der Waals surface area contributed by atoms with Gasteiger partial charge in [0, 0.05) is 36.5 Å². The average molecular weight is 564 g/mol. The monoisotopic (exact) mass is 563 g/mol. The molecule has 1 aliphatic heterocycles. The van der Waals surface area contributed by atoms with Gasteiger partial charge in [0.15, 0.2) is 11.4 Å². The van der Waals surface area contributed by atoms with Gasteiger partial charge in [-0.15, -0.1) is 0 Å². The molecule has 0 aromatic heterocycles. The summed E-state index contributed by atoms with van der Waals surface area (Å²) in [6, 6.07) is 6.38. The smallest absolute Gasteiger partial charge is 0.255 e. The van der Waals surface area contributed by atoms with Gasteiger partial charge in [0.05, 0.1) is 17.7 Å². The highest BCUT2D eigenvalue weighted by Crippen LogP contribution is 2.53. The number of β-amino-alcohol motifs (C(OH)–C–C–N with tert-alkyl or cyclic N) is 1. The Balaban J connectivity index is 1.47. The quantitative estimate of drug-likeness (QED) is 0.289. The zero-order valence-corrected chi connectivity index (χ0v) is 22.8. The van der Waals surface area contributed by atoms with Gasteiger partial charge in [0.1, 0.15) is 22.8 Å². The van der Waals surface area contributed by atoms with Crippen LogP contribution in [0.3, 0.4) is 0 Å². The molecule has 3 aliphatic carbocycles. The highest BCUT2D eigenvalue weighted by atomic mass is 16.3. The van der Waals surface area contributed by atoms with Crippen LogP contribution in [0.25, 0.3) is 16.5 Å². The van der Waals surface area contributed by atoms with E-state index >= 15 is 0 Å². The number of likely N-dealkylation sites (tertiary alicyclic amines) is 1. The molecule has 2 aromatic rings. The molecule has 6 rings (SSSR count). The average Bonchev–Trinajstić information content (AvgIpc) is 3.30. The fourth-order valence-electron chi connectivity index (χ4n) is 7.37. The van der Waals surface area contributed by atoms with Crippen LogP contribution in [-0.4, -0.2) is 97.7 Å². The van der Waals surface area contributed by atoms with Gasteiger partial charge in [-0.1, -0.05) is 18.2 Å². The summed E-state index contributed by atoms with van der Waals surface area (Å²) < 4.78 is 0. The van der Waals surface area contributed by atoms with Crippen molar-refractivity contribution in [2.24, 2.45) is 17.6 Å². The number of fused-ring (bicyclic) bond motifs is 4. The molecule has 216 valence electrons. The van der Waals surface area contributed by atoms with E-state index in [4.69, 9.17) is 5.73 Å². The number of aliphatic hydroxyl groups is 4. The number of rotatable bonds is 4. The van der Waals surface area contributed by atoms with Crippen molar-refractivity contribution in [3.8, 4) is 5.75 Å². The van der Waals surface area contributed by atoms with Gasteiger partial charge in [-0.05, 0) is 61.9 Å². The third-order valence-electron chi connectivity index (χ3n) is 9.24. The van der Waals surface area contributed by atoms with Crippen LogP contribution in [0.15, 0.2) is 41.2 Å². The number of primary amides is 1. The molecule has 2 fully saturated rings. The van der Waals surface area contributed by atoms with Crippen LogP contribution in [0, 0.1) is 11.8 Å². The molecule has 0 spiro atoms. The third-order valence-corrected chi connectivity index (χ3v) is 9.24. The van der Waals surface area contributed by atoms with Gasteiger partial charge >= 0.3 is 0 Å². The molecule has 1 heterocycles. The fraction of sp³-hybridized carbons (Fsp3) is 0.433. The first-order valence-corrected chi connectivity index (χ1v) is 13.7. The summed E-state index contributed by atoms with van der Waals surface area (Å²) >= 11 is 0. The molecule has 2 aromatic carbocycles. The van der Waals surface area contributed by atoms with Crippen molar-refractivity contribution >= 4 is 34.0 Å². The molecule has 1 amide bonds. The molecule has 41 heavy (non-hydrogen) atoms. The third kappa shape index (κ3) is 3.91. The van der Waals surface area contributed by atoms with E-state index in [2.05, 4.69) is 4.90 Å². The number of Topliss-reactive ketones (excluding diaryl/α,β-unsaturated/α-hetero) is 2. The maximum Gasteiger partial charge on any atom is 0.255 e. The molecule has 1 saturated carbocycles. The zero-order chi connectivity index (χ0) is 29.5. The number of hydrogen-bond acceptors (Lipinski definition) is 10. The molecular weight excluding hydrogens is 530 g/mol. The molecule has 11 heteroatoms. The maximum atomic E-state index is 14.0. The van der Waals surface area contributed by atoms with E-state index < -0.39 is 58.0 Å². The van der Waals surface area contributed by atoms with Gasteiger partial charge in [-0.2, -0.15) is 0 Å². The molecule has 0 unspecified atom stereocenters. The normalized spacial score (nSPS) is 30.2. The second kappa shape index (κ2) is 9.38. The molecular formula is C30H33N3O8. The zero-order valence-electron chi connectivity index (χ0n) is 22.8. The van der Waals surface area contributed by atoms with Crippen LogP contribution in [0.4, 0.5) is 0 Å². The summed E-state index contributed by atoms with van der Waals surface area (Å²) in [5.41, 5.74) is 3.29. The van der Waals surface area contributed by atoms with Crippen molar-refractivity contribution in [1.82, 2.24) is 9.80 Å². The summed E-state index contributed by atoms with van der Waals surface area (Å²) in [5.74, 6) is -6.62. The first-order valence-electron chi connectivity index (χ1n) is 13.7. The Morgan fingerprint density at radius 1 is 1.17 bits per heavy atom. The molecule has 11 nitrogen and oxygen atoms in total.